The molecule has 0 saturated carbocycles. The highest BCUT2D eigenvalue weighted by Crippen LogP contribution is 2.34. The van der Waals surface area contributed by atoms with E-state index in [0.717, 1.165) is 45.4 Å². The van der Waals surface area contributed by atoms with Gasteiger partial charge in [-0.15, -0.1) is 0 Å². The van der Waals surface area contributed by atoms with Crippen molar-refractivity contribution in [3.63, 3.8) is 0 Å². The van der Waals surface area contributed by atoms with Crippen molar-refractivity contribution in [2.45, 2.75) is 46.1 Å². The van der Waals surface area contributed by atoms with Crippen LogP contribution in [0.5, 0.6) is 11.5 Å². The van der Waals surface area contributed by atoms with E-state index in [1.165, 1.54) is 16.8 Å². The van der Waals surface area contributed by atoms with Gasteiger partial charge in [-0.05, 0) is 62.2 Å². The minimum atomic E-state index is -0.134. The molecule has 1 amide bonds. The Morgan fingerprint density at radius 3 is 2.56 bits per heavy atom. The van der Waals surface area contributed by atoms with Gasteiger partial charge in [0.2, 0.25) is 12.7 Å². The Labute approximate surface area is 215 Å². The lowest BCUT2D eigenvalue weighted by Crippen LogP contribution is -2.49. The number of benzene rings is 2. The van der Waals surface area contributed by atoms with E-state index in [-0.39, 0.29) is 18.3 Å². The summed E-state index contributed by atoms with van der Waals surface area (Å²) >= 11 is 5.43. The summed E-state index contributed by atoms with van der Waals surface area (Å²) < 4.78 is 12.8. The van der Waals surface area contributed by atoms with Gasteiger partial charge in [0, 0.05) is 50.9 Å². The molecule has 1 N–H and O–H groups in total. The van der Waals surface area contributed by atoms with E-state index in [2.05, 4.69) is 41.9 Å². The summed E-state index contributed by atoms with van der Waals surface area (Å²) in [4.78, 5) is 33.3. The van der Waals surface area contributed by atoms with Crippen LogP contribution in [0.25, 0.3) is 10.9 Å². The number of anilines is 1. The molecule has 3 heterocycles. The summed E-state index contributed by atoms with van der Waals surface area (Å²) in [6.07, 6.45) is 2.97. The Morgan fingerprint density at radius 2 is 1.78 bits per heavy atom. The number of hydrogen-bond acceptors (Lipinski definition) is 6. The first-order valence-electron chi connectivity index (χ1n) is 12.6. The number of carbonyl (C=O) groups excluding carboxylic acids is 1. The minimum Gasteiger partial charge on any atom is -0.454 e. The van der Waals surface area contributed by atoms with E-state index in [1.54, 1.807) is 16.7 Å². The van der Waals surface area contributed by atoms with Gasteiger partial charge in [0.1, 0.15) is 0 Å². The van der Waals surface area contributed by atoms with Crippen LogP contribution in [0, 0.1) is 18.6 Å². The Hall–Kier alpha value is -3.33. The molecular weight excluding hydrogens is 476 g/mol. The van der Waals surface area contributed by atoms with Crippen molar-refractivity contribution in [1.82, 2.24) is 14.5 Å². The zero-order chi connectivity index (χ0) is 25.2. The first kappa shape index (κ1) is 24.4. The molecule has 0 unspecified atom stereocenters. The summed E-state index contributed by atoms with van der Waals surface area (Å²) in [5.41, 5.74) is 4.40. The molecule has 0 spiro atoms. The van der Waals surface area contributed by atoms with Gasteiger partial charge >= 0.3 is 0 Å². The van der Waals surface area contributed by atoms with Crippen LogP contribution in [0.4, 0.5) is 5.69 Å². The van der Waals surface area contributed by atoms with Crippen LogP contribution >= 0.6 is 12.2 Å². The molecule has 2 aliphatic rings. The Morgan fingerprint density at radius 1 is 1.03 bits per heavy atom. The third-order valence-electron chi connectivity index (χ3n) is 7.30. The van der Waals surface area contributed by atoms with E-state index < -0.39 is 0 Å². The van der Waals surface area contributed by atoms with Gasteiger partial charge in [-0.3, -0.25) is 14.2 Å². The predicted octanol–water partition coefficient (Wildman–Crippen LogP) is 4.31. The van der Waals surface area contributed by atoms with E-state index in [1.807, 2.05) is 4.90 Å². The van der Waals surface area contributed by atoms with Gasteiger partial charge in [0.25, 0.3) is 5.56 Å². The standard InChI is InChI=1S/C27H32N4O4S/c1-18-7-6-8-22(19(18)2)29-11-13-30(14-12-29)25(32)9-4-3-5-10-31-26(33)20-15-23-24(35-17-34-23)16-21(20)28-27(31)36/h6-8,15-16H,3-5,9-14,17H2,1-2H3,(H,28,36). The average Bonchev–Trinajstić information content (AvgIpc) is 3.34. The molecule has 36 heavy (non-hydrogen) atoms. The van der Waals surface area contributed by atoms with Gasteiger partial charge in [0.15, 0.2) is 16.3 Å². The van der Waals surface area contributed by atoms with E-state index in [9.17, 15) is 9.59 Å². The van der Waals surface area contributed by atoms with Crippen LogP contribution in [0.1, 0.15) is 36.8 Å². The molecule has 9 heteroatoms. The molecule has 190 valence electrons. The summed E-state index contributed by atoms with van der Waals surface area (Å²) in [6.45, 7) is 8.20. The highest BCUT2D eigenvalue weighted by molar-refractivity contribution is 7.71. The van der Waals surface area contributed by atoms with Crippen molar-refractivity contribution < 1.29 is 14.3 Å². The number of ether oxygens (including phenoxy) is 2. The van der Waals surface area contributed by atoms with Crippen molar-refractivity contribution in [3.05, 3.63) is 56.6 Å². The Kier molecular flexibility index (Phi) is 7.00. The molecule has 8 nitrogen and oxygen atoms in total. The molecule has 1 aromatic heterocycles. The second-order valence-electron chi connectivity index (χ2n) is 9.54. The van der Waals surface area contributed by atoms with Crippen LogP contribution in [-0.2, 0) is 11.3 Å². The second-order valence-corrected chi connectivity index (χ2v) is 9.92. The molecule has 3 aromatic rings. The highest BCUT2D eigenvalue weighted by atomic mass is 32.1. The molecule has 2 aliphatic heterocycles. The number of rotatable bonds is 7. The summed E-state index contributed by atoms with van der Waals surface area (Å²) in [5, 5.41) is 0.531. The number of aromatic amines is 1. The van der Waals surface area contributed by atoms with Crippen molar-refractivity contribution in [3.8, 4) is 11.5 Å². The third-order valence-corrected chi connectivity index (χ3v) is 7.62. The highest BCUT2D eigenvalue weighted by Gasteiger charge is 2.22. The van der Waals surface area contributed by atoms with E-state index in [4.69, 9.17) is 21.7 Å². The lowest BCUT2D eigenvalue weighted by molar-refractivity contribution is -0.131. The number of fused-ring (bicyclic) bond motifs is 2. The number of nitrogens with zero attached hydrogens (tertiary/aromatic N) is 3. The fraction of sp³-hybridized carbons (Fsp3) is 0.444. The summed E-state index contributed by atoms with van der Waals surface area (Å²) in [7, 11) is 0. The third kappa shape index (κ3) is 4.84. The zero-order valence-electron chi connectivity index (χ0n) is 20.8. The maximum atomic E-state index is 13.0. The maximum Gasteiger partial charge on any atom is 0.262 e. The Bertz CT molecular complexity index is 1410. The normalized spacial score (nSPS) is 15.1. The molecule has 2 aromatic carbocycles. The first-order chi connectivity index (χ1) is 17.4. The van der Waals surface area contributed by atoms with Crippen LogP contribution in [0.3, 0.4) is 0 Å². The lowest BCUT2D eigenvalue weighted by atomic mass is 10.1. The van der Waals surface area contributed by atoms with E-state index >= 15 is 0 Å². The van der Waals surface area contributed by atoms with Crippen LogP contribution < -0.4 is 19.9 Å². The summed E-state index contributed by atoms with van der Waals surface area (Å²) in [5.74, 6) is 1.40. The van der Waals surface area contributed by atoms with Gasteiger partial charge in [-0.2, -0.15) is 0 Å². The van der Waals surface area contributed by atoms with Gasteiger partial charge < -0.3 is 24.3 Å². The molecule has 5 rings (SSSR count). The number of carbonyl (C=O) groups is 1. The average molecular weight is 509 g/mol. The van der Waals surface area contributed by atoms with Gasteiger partial charge in [-0.1, -0.05) is 18.6 Å². The SMILES string of the molecule is Cc1cccc(N2CCN(C(=O)CCCCCn3c(=S)[nH]c4cc5c(cc4c3=O)OCO5)CC2)c1C. The Balaban J connectivity index is 1.10. The van der Waals surface area contributed by atoms with E-state index in [0.29, 0.717) is 40.1 Å². The molecule has 0 radical (unpaired) electrons. The number of amides is 1. The van der Waals surface area contributed by atoms with Crippen molar-refractivity contribution in [2.24, 2.45) is 0 Å². The molecule has 0 aliphatic carbocycles. The molecule has 0 atom stereocenters. The fourth-order valence-corrected chi connectivity index (χ4v) is 5.29. The lowest BCUT2D eigenvalue weighted by Gasteiger charge is -2.37. The first-order valence-corrected chi connectivity index (χ1v) is 13.0. The molecule has 1 saturated heterocycles. The topological polar surface area (TPSA) is 79.8 Å². The quantitative estimate of drug-likeness (QED) is 0.378. The number of nitrogens with one attached hydrogen (secondary N) is 1. The summed E-state index contributed by atoms with van der Waals surface area (Å²) in [6, 6.07) is 9.87. The van der Waals surface area contributed by atoms with Gasteiger partial charge in [-0.25, -0.2) is 0 Å². The number of H-pyrrole nitrogens is 1. The number of unbranched alkanes of at least 4 members (excludes halogenated alkanes) is 2. The smallest absolute Gasteiger partial charge is 0.262 e. The largest absolute Gasteiger partial charge is 0.454 e. The zero-order valence-corrected chi connectivity index (χ0v) is 21.7. The van der Waals surface area contributed by atoms with Crippen molar-refractivity contribution in [2.75, 3.05) is 37.9 Å². The number of piperazine rings is 1. The minimum absolute atomic E-state index is 0.134. The van der Waals surface area contributed by atoms with Crippen molar-refractivity contribution in [1.29, 1.82) is 0 Å². The molecule has 1 fully saturated rings. The number of hydrogen-bond donors (Lipinski definition) is 1. The van der Waals surface area contributed by atoms with Crippen molar-refractivity contribution >= 4 is 34.7 Å². The van der Waals surface area contributed by atoms with Crippen LogP contribution in [-0.4, -0.2) is 53.3 Å². The van der Waals surface area contributed by atoms with Crippen LogP contribution in [0.2, 0.25) is 0 Å². The van der Waals surface area contributed by atoms with Crippen LogP contribution in [0.15, 0.2) is 35.1 Å². The predicted molar refractivity (Wildman–Crippen MR) is 143 cm³/mol. The van der Waals surface area contributed by atoms with Gasteiger partial charge in [0.05, 0.1) is 10.9 Å². The molecule has 0 bridgehead atoms. The number of aromatic nitrogens is 2. The molecular formula is C27H32N4O4S. The monoisotopic (exact) mass is 508 g/mol. The maximum absolute atomic E-state index is 13.0. The number of aryl methyl sites for hydroxylation is 1. The second kappa shape index (κ2) is 10.3. The fourth-order valence-electron chi connectivity index (χ4n) is 5.00.